The Morgan fingerprint density at radius 2 is 2.00 bits per heavy atom. The van der Waals surface area contributed by atoms with E-state index in [1.54, 1.807) is 0 Å². The lowest BCUT2D eigenvalue weighted by atomic mass is 9.76. The van der Waals surface area contributed by atoms with E-state index in [2.05, 4.69) is 17.1 Å². The van der Waals surface area contributed by atoms with Crippen LogP contribution < -0.4 is 5.73 Å². The number of rotatable bonds is 4. The summed E-state index contributed by atoms with van der Waals surface area (Å²) in [5.74, 6) is 1.94. The minimum atomic E-state index is -0.421. The Morgan fingerprint density at radius 1 is 1.35 bits per heavy atom. The van der Waals surface area contributed by atoms with Crippen LogP contribution >= 0.6 is 0 Å². The Hall–Kier alpha value is -0.940. The van der Waals surface area contributed by atoms with Crippen molar-refractivity contribution in [2.75, 3.05) is 0 Å². The first-order chi connectivity index (χ1) is 9.32. The highest BCUT2D eigenvalue weighted by Crippen LogP contribution is 2.37. The summed E-state index contributed by atoms with van der Waals surface area (Å²) in [6.07, 6.45) is 5.40. The van der Waals surface area contributed by atoms with Gasteiger partial charge in [-0.1, -0.05) is 18.5 Å². The number of hydrogen-bond donors (Lipinski definition) is 1. The summed E-state index contributed by atoms with van der Waals surface area (Å²) in [6.45, 7) is 8.58. The number of ether oxygens (including phenoxy) is 1. The zero-order valence-electron chi connectivity index (χ0n) is 13.1. The molecule has 1 saturated carbocycles. The van der Waals surface area contributed by atoms with Gasteiger partial charge in [0.05, 0.1) is 11.1 Å². The fraction of sp³-hybridized carbons (Fsp3) is 0.867. The van der Waals surface area contributed by atoms with Crippen molar-refractivity contribution in [1.82, 2.24) is 10.1 Å². The second-order valence-electron chi connectivity index (χ2n) is 6.92. The third-order valence-corrected chi connectivity index (χ3v) is 4.12. The Morgan fingerprint density at radius 3 is 2.55 bits per heavy atom. The van der Waals surface area contributed by atoms with Crippen LogP contribution in [0.1, 0.15) is 71.5 Å². The van der Waals surface area contributed by atoms with Crippen LogP contribution in [0, 0.1) is 5.92 Å². The van der Waals surface area contributed by atoms with Crippen LogP contribution in [-0.2, 0) is 16.9 Å². The molecule has 0 unspecified atom stereocenters. The molecule has 0 aliphatic heterocycles. The monoisotopic (exact) mass is 281 g/mol. The molecule has 20 heavy (non-hydrogen) atoms. The maximum atomic E-state index is 6.47. The van der Waals surface area contributed by atoms with Gasteiger partial charge in [0, 0.05) is 0 Å². The van der Waals surface area contributed by atoms with Crippen molar-refractivity contribution in [2.24, 2.45) is 11.7 Å². The quantitative estimate of drug-likeness (QED) is 0.917. The predicted octanol–water partition coefficient (Wildman–Crippen LogP) is 3.14. The molecule has 0 radical (unpaired) electrons. The molecule has 5 heteroatoms. The first-order valence-corrected chi connectivity index (χ1v) is 7.58. The molecule has 1 aromatic heterocycles. The number of hydrogen-bond acceptors (Lipinski definition) is 5. The lowest BCUT2D eigenvalue weighted by Gasteiger charge is -2.34. The van der Waals surface area contributed by atoms with Gasteiger partial charge in [-0.25, -0.2) is 0 Å². The van der Waals surface area contributed by atoms with Crippen LogP contribution in [0.25, 0.3) is 0 Å². The molecule has 114 valence electrons. The summed E-state index contributed by atoms with van der Waals surface area (Å²) in [7, 11) is 0. The summed E-state index contributed by atoms with van der Waals surface area (Å²) in [4.78, 5) is 4.43. The smallest absolute Gasteiger partial charge is 0.252 e. The van der Waals surface area contributed by atoms with Gasteiger partial charge in [0.2, 0.25) is 0 Å². The zero-order valence-corrected chi connectivity index (χ0v) is 13.1. The molecule has 0 amide bonds. The van der Waals surface area contributed by atoms with E-state index >= 15 is 0 Å². The van der Waals surface area contributed by atoms with E-state index in [1.165, 1.54) is 6.42 Å². The second-order valence-corrected chi connectivity index (χ2v) is 6.92. The van der Waals surface area contributed by atoms with Gasteiger partial charge >= 0.3 is 0 Å². The van der Waals surface area contributed by atoms with Crippen LogP contribution in [0.4, 0.5) is 0 Å². The SMILES string of the molecule is CCC1CCC(N)(c2noc(COC(C)(C)C)n2)CC1. The van der Waals surface area contributed by atoms with Crippen molar-refractivity contribution in [2.45, 2.75) is 77.5 Å². The first kappa shape index (κ1) is 15.4. The Balaban J connectivity index is 1.98. The van der Waals surface area contributed by atoms with E-state index in [0.29, 0.717) is 18.3 Å². The van der Waals surface area contributed by atoms with E-state index in [-0.39, 0.29) is 5.60 Å². The largest absolute Gasteiger partial charge is 0.366 e. The average Bonchev–Trinajstić information content (AvgIpc) is 2.86. The average molecular weight is 281 g/mol. The molecule has 0 atom stereocenters. The maximum Gasteiger partial charge on any atom is 0.252 e. The van der Waals surface area contributed by atoms with Crippen LogP contribution in [0.5, 0.6) is 0 Å². The van der Waals surface area contributed by atoms with Gasteiger partial charge in [0.1, 0.15) is 6.61 Å². The standard InChI is InChI=1S/C15H27N3O2/c1-5-11-6-8-15(16,9-7-11)13-17-12(20-18-13)10-19-14(2,3)4/h11H,5-10,16H2,1-4H3. The molecule has 5 nitrogen and oxygen atoms in total. The summed E-state index contributed by atoms with van der Waals surface area (Å²) >= 11 is 0. The van der Waals surface area contributed by atoms with E-state index in [1.807, 2.05) is 20.8 Å². The molecule has 1 aromatic rings. The number of nitrogens with zero attached hydrogens (tertiary/aromatic N) is 2. The fourth-order valence-electron chi connectivity index (χ4n) is 2.62. The lowest BCUT2D eigenvalue weighted by molar-refractivity contribution is -0.0260. The van der Waals surface area contributed by atoms with Crippen LogP contribution in [0.2, 0.25) is 0 Å². The third kappa shape index (κ3) is 3.79. The molecular weight excluding hydrogens is 254 g/mol. The van der Waals surface area contributed by atoms with Gasteiger partial charge in [-0.3, -0.25) is 0 Å². The molecule has 2 N–H and O–H groups in total. The molecule has 1 aliphatic carbocycles. The van der Waals surface area contributed by atoms with Crippen LogP contribution in [-0.4, -0.2) is 15.7 Å². The van der Waals surface area contributed by atoms with Gasteiger partial charge in [-0.2, -0.15) is 4.98 Å². The Bertz CT molecular complexity index is 429. The van der Waals surface area contributed by atoms with E-state index < -0.39 is 5.54 Å². The topological polar surface area (TPSA) is 74.2 Å². The normalized spacial score (nSPS) is 27.8. The zero-order chi connectivity index (χ0) is 14.8. The molecule has 1 fully saturated rings. The van der Waals surface area contributed by atoms with Gasteiger partial charge in [0.15, 0.2) is 5.82 Å². The minimum Gasteiger partial charge on any atom is -0.366 e. The highest BCUT2D eigenvalue weighted by atomic mass is 16.5. The van der Waals surface area contributed by atoms with E-state index in [9.17, 15) is 0 Å². The number of nitrogens with two attached hydrogens (primary N) is 1. The van der Waals surface area contributed by atoms with Gasteiger partial charge in [-0.15, -0.1) is 0 Å². The molecular formula is C15H27N3O2. The summed E-state index contributed by atoms with van der Waals surface area (Å²) in [5.41, 5.74) is 5.83. The highest BCUT2D eigenvalue weighted by Gasteiger charge is 2.36. The molecule has 1 heterocycles. The molecule has 0 spiro atoms. The molecule has 0 saturated heterocycles. The first-order valence-electron chi connectivity index (χ1n) is 7.58. The van der Waals surface area contributed by atoms with Crippen molar-refractivity contribution in [3.05, 3.63) is 11.7 Å². The summed E-state index contributed by atoms with van der Waals surface area (Å²) in [6, 6.07) is 0. The van der Waals surface area contributed by atoms with Gasteiger partial charge in [0.25, 0.3) is 5.89 Å². The summed E-state index contributed by atoms with van der Waals surface area (Å²) < 4.78 is 10.9. The summed E-state index contributed by atoms with van der Waals surface area (Å²) in [5, 5.41) is 4.07. The number of aromatic nitrogens is 2. The predicted molar refractivity (Wildman–Crippen MR) is 77.0 cm³/mol. The molecule has 0 bridgehead atoms. The van der Waals surface area contributed by atoms with Crippen molar-refractivity contribution in [1.29, 1.82) is 0 Å². The lowest BCUT2D eigenvalue weighted by Crippen LogP contribution is -2.41. The van der Waals surface area contributed by atoms with Crippen molar-refractivity contribution >= 4 is 0 Å². The van der Waals surface area contributed by atoms with Crippen molar-refractivity contribution < 1.29 is 9.26 Å². The highest BCUT2D eigenvalue weighted by molar-refractivity contribution is 5.05. The molecule has 1 aliphatic rings. The molecule has 0 aromatic carbocycles. The second kappa shape index (κ2) is 5.82. The fourth-order valence-corrected chi connectivity index (χ4v) is 2.62. The minimum absolute atomic E-state index is 0.214. The molecule has 2 rings (SSSR count). The van der Waals surface area contributed by atoms with Crippen LogP contribution in [0.15, 0.2) is 4.52 Å². The maximum absolute atomic E-state index is 6.47. The van der Waals surface area contributed by atoms with E-state index in [4.69, 9.17) is 15.0 Å². The van der Waals surface area contributed by atoms with Crippen molar-refractivity contribution in [3.8, 4) is 0 Å². The van der Waals surface area contributed by atoms with Crippen molar-refractivity contribution in [3.63, 3.8) is 0 Å². The van der Waals surface area contributed by atoms with Gasteiger partial charge < -0.3 is 15.0 Å². The van der Waals surface area contributed by atoms with Gasteiger partial charge in [-0.05, 0) is 52.4 Å². The van der Waals surface area contributed by atoms with E-state index in [0.717, 1.165) is 31.6 Å². The third-order valence-electron chi connectivity index (χ3n) is 4.12. The Labute approximate surface area is 121 Å². The Kier molecular flexibility index (Phi) is 4.49. The van der Waals surface area contributed by atoms with Crippen LogP contribution in [0.3, 0.4) is 0 Å².